The fourth-order valence-corrected chi connectivity index (χ4v) is 9.29. The minimum absolute atomic E-state index is 0.00414. The monoisotopic (exact) mass is 703 g/mol. The maximum atomic E-state index is 17.0. The molecule has 4 saturated heterocycles. The van der Waals surface area contributed by atoms with Gasteiger partial charge in [0, 0.05) is 49.0 Å². The number of nitrogens with zero attached hydrogens (tertiary/aromatic N) is 6. The van der Waals surface area contributed by atoms with Crippen LogP contribution in [0.3, 0.4) is 0 Å². The highest BCUT2D eigenvalue weighted by Crippen LogP contribution is 2.49. The number of aromatic nitrogens is 3. The number of amides is 1. The predicted molar refractivity (Wildman–Crippen MR) is 172 cm³/mol. The van der Waals surface area contributed by atoms with Gasteiger partial charge in [-0.05, 0) is 50.1 Å². The summed E-state index contributed by atoms with van der Waals surface area (Å²) in [6.07, 6.45) is -2.42. The number of likely N-dealkylation sites (N-methyl/N-ethyl adjacent to an activating group) is 1. The normalized spacial score (nSPS) is 26.4. The number of carbonyl (C=O) groups excluding carboxylic acids is 1. The number of anilines is 2. The van der Waals surface area contributed by atoms with Gasteiger partial charge < -0.3 is 20.3 Å². The third-order valence-electron chi connectivity index (χ3n) is 10.7. The number of fused-ring (bicyclic) bond motifs is 4. The number of thiazole rings is 1. The second kappa shape index (κ2) is 11.2. The molecule has 1 saturated carbocycles. The number of alkyl halides is 4. The first-order valence-corrected chi connectivity index (χ1v) is 16.8. The van der Waals surface area contributed by atoms with Gasteiger partial charge in [0.05, 0.1) is 33.4 Å². The Morgan fingerprint density at radius 2 is 2.02 bits per heavy atom. The minimum atomic E-state index is -5.06. The summed E-state index contributed by atoms with van der Waals surface area (Å²) in [7, 11) is 1.64. The number of benzene rings is 2. The Labute approximate surface area is 280 Å². The highest BCUT2D eigenvalue weighted by Gasteiger charge is 2.55. The van der Waals surface area contributed by atoms with E-state index in [0.29, 0.717) is 25.9 Å². The third kappa shape index (κ3) is 4.92. The van der Waals surface area contributed by atoms with E-state index >= 15 is 4.39 Å². The first-order chi connectivity index (χ1) is 23.3. The number of carbonyl (C=O) groups is 1. The topological polar surface area (TPSA) is 101 Å². The van der Waals surface area contributed by atoms with Gasteiger partial charge in [0.2, 0.25) is 5.91 Å². The van der Waals surface area contributed by atoms with Gasteiger partial charge >= 0.3 is 12.2 Å². The van der Waals surface area contributed by atoms with Gasteiger partial charge in [-0.2, -0.15) is 23.1 Å². The molecule has 2 bridgehead atoms. The average molecular weight is 704 g/mol. The molecule has 0 spiro atoms. The van der Waals surface area contributed by atoms with E-state index in [0.717, 1.165) is 36.0 Å². The second-order valence-corrected chi connectivity index (χ2v) is 14.4. The van der Waals surface area contributed by atoms with Crippen molar-refractivity contribution < 1.29 is 35.9 Å². The summed E-state index contributed by atoms with van der Waals surface area (Å²) >= 11 is 0.738. The van der Waals surface area contributed by atoms with Crippen molar-refractivity contribution in [1.29, 1.82) is 0 Å². The van der Waals surface area contributed by atoms with Crippen LogP contribution in [0.5, 0.6) is 6.01 Å². The van der Waals surface area contributed by atoms with Gasteiger partial charge in [-0.3, -0.25) is 9.69 Å². The van der Waals surface area contributed by atoms with Crippen LogP contribution in [0, 0.1) is 17.6 Å². The van der Waals surface area contributed by atoms with Crippen LogP contribution in [0.25, 0.3) is 32.2 Å². The number of hydrogen-bond acceptors (Lipinski definition) is 9. The van der Waals surface area contributed by atoms with Crippen molar-refractivity contribution in [2.75, 3.05) is 43.9 Å². The standard InChI is InChI=1S/C33H31F6N7O2S/c1-3-22(47)46-12-15-9-21(46)27(15)44(2)29-18-10-19(33(37,38)39)23(17-5-6-20(35)28-26(17)41-30(40)49-28)24(36)25(18)42-31(43-29)48-14-32-7-4-8-45(32)13-16(34)11-32/h3,5-6,10,15-16,21,27H,1,4,7-9,11-14H2,2H3,(H2,40,41)/t15-,16+,21?,27?,32-/m0/s1. The van der Waals surface area contributed by atoms with Crippen molar-refractivity contribution in [2.24, 2.45) is 5.92 Å². The number of nitrogen functional groups attached to an aromatic ring is 1. The predicted octanol–water partition coefficient (Wildman–Crippen LogP) is 5.96. The molecule has 1 aliphatic carbocycles. The van der Waals surface area contributed by atoms with Crippen LogP contribution < -0.4 is 15.4 Å². The summed E-state index contributed by atoms with van der Waals surface area (Å²) in [5.74, 6) is -2.36. The highest BCUT2D eigenvalue weighted by atomic mass is 32.1. The Morgan fingerprint density at radius 1 is 1.22 bits per heavy atom. The van der Waals surface area contributed by atoms with E-state index in [-0.39, 0.29) is 81.6 Å². The van der Waals surface area contributed by atoms with Crippen LogP contribution in [0.1, 0.15) is 31.2 Å². The SMILES string of the molecule is C=CC(=O)N1C[C@@H]2CC1C2N(C)c1nc(OC[C@@]23CCCN2C[C@H](F)C3)nc2c(F)c(-c3ccc(F)c4sc(N)nc34)c(C(F)(F)F)cc12. The van der Waals surface area contributed by atoms with Crippen molar-refractivity contribution in [3.63, 3.8) is 0 Å². The molecule has 9 rings (SSSR count). The van der Waals surface area contributed by atoms with Crippen LogP contribution in [0.15, 0.2) is 30.9 Å². The molecule has 2 aromatic carbocycles. The zero-order valence-corrected chi connectivity index (χ0v) is 27.1. The van der Waals surface area contributed by atoms with Gasteiger partial charge in [-0.25, -0.2) is 18.2 Å². The van der Waals surface area contributed by atoms with E-state index < -0.39 is 46.2 Å². The Balaban J connectivity index is 1.31. The van der Waals surface area contributed by atoms with Crippen LogP contribution in [-0.4, -0.2) is 87.7 Å². The summed E-state index contributed by atoms with van der Waals surface area (Å²) in [6.45, 7) is 4.98. The van der Waals surface area contributed by atoms with Gasteiger partial charge in [0.25, 0.3) is 0 Å². The molecule has 2 N–H and O–H groups in total. The molecule has 2 unspecified atom stereocenters. The molecule has 49 heavy (non-hydrogen) atoms. The molecule has 2 aromatic heterocycles. The van der Waals surface area contributed by atoms with Crippen LogP contribution in [0.2, 0.25) is 0 Å². The molecular formula is C33H31F6N7O2S. The number of ether oxygens (including phenoxy) is 1. The van der Waals surface area contributed by atoms with Crippen molar-refractivity contribution in [3.05, 3.63) is 48.1 Å². The fraction of sp³-hybridized carbons (Fsp3) is 0.455. The van der Waals surface area contributed by atoms with Crippen LogP contribution in [-0.2, 0) is 11.0 Å². The lowest BCUT2D eigenvalue weighted by molar-refractivity contribution is -0.137. The van der Waals surface area contributed by atoms with E-state index in [9.17, 15) is 26.7 Å². The number of nitrogens with two attached hydrogens (primary N) is 1. The lowest BCUT2D eigenvalue weighted by Gasteiger charge is -2.43. The van der Waals surface area contributed by atoms with Crippen LogP contribution in [0.4, 0.5) is 37.3 Å². The van der Waals surface area contributed by atoms with Gasteiger partial charge in [0.1, 0.15) is 29.9 Å². The lowest BCUT2D eigenvalue weighted by atomic mass is 9.79. The van der Waals surface area contributed by atoms with Crippen molar-refractivity contribution in [3.8, 4) is 17.1 Å². The summed E-state index contributed by atoms with van der Waals surface area (Å²) in [5.41, 5.74) is 2.04. The van der Waals surface area contributed by atoms with Gasteiger partial charge in [-0.15, -0.1) is 0 Å². The Morgan fingerprint density at radius 3 is 2.78 bits per heavy atom. The largest absolute Gasteiger partial charge is 0.461 e. The molecule has 16 heteroatoms. The molecule has 5 aliphatic rings. The smallest absolute Gasteiger partial charge is 0.417 e. The lowest BCUT2D eigenvalue weighted by Crippen LogP contribution is -2.54. The van der Waals surface area contributed by atoms with E-state index in [2.05, 4.69) is 21.5 Å². The molecule has 9 nitrogen and oxygen atoms in total. The summed E-state index contributed by atoms with van der Waals surface area (Å²) < 4.78 is 96.8. The zero-order valence-electron chi connectivity index (χ0n) is 26.2. The minimum Gasteiger partial charge on any atom is -0.461 e. The first-order valence-electron chi connectivity index (χ1n) is 15.9. The second-order valence-electron chi connectivity index (χ2n) is 13.4. The Bertz CT molecular complexity index is 2040. The van der Waals surface area contributed by atoms with Gasteiger partial charge in [0.15, 0.2) is 10.9 Å². The molecular weight excluding hydrogens is 672 g/mol. The van der Waals surface area contributed by atoms with E-state index in [1.54, 1.807) is 16.8 Å². The van der Waals surface area contributed by atoms with E-state index in [1.165, 1.54) is 6.08 Å². The van der Waals surface area contributed by atoms with Crippen molar-refractivity contribution in [2.45, 2.75) is 55.7 Å². The fourth-order valence-electron chi connectivity index (χ4n) is 8.53. The molecule has 5 fully saturated rings. The summed E-state index contributed by atoms with van der Waals surface area (Å²) in [4.78, 5) is 30.8. The molecule has 1 amide bonds. The van der Waals surface area contributed by atoms with Crippen LogP contribution >= 0.6 is 11.3 Å². The highest BCUT2D eigenvalue weighted by molar-refractivity contribution is 7.22. The molecule has 5 atom stereocenters. The Hall–Kier alpha value is -4.18. The molecule has 258 valence electrons. The summed E-state index contributed by atoms with van der Waals surface area (Å²) in [5, 5.41) is -0.322. The molecule has 4 aromatic rings. The maximum Gasteiger partial charge on any atom is 0.417 e. The zero-order chi connectivity index (χ0) is 34.6. The number of halogens is 6. The number of rotatable bonds is 7. The maximum absolute atomic E-state index is 17.0. The van der Waals surface area contributed by atoms with Gasteiger partial charge in [-0.1, -0.05) is 17.9 Å². The first kappa shape index (κ1) is 32.0. The van der Waals surface area contributed by atoms with E-state index in [1.807, 2.05) is 4.90 Å². The van der Waals surface area contributed by atoms with E-state index in [4.69, 9.17) is 10.5 Å². The van der Waals surface area contributed by atoms with Crippen molar-refractivity contribution >= 4 is 49.3 Å². The Kier molecular flexibility index (Phi) is 7.30. The third-order valence-corrected chi connectivity index (χ3v) is 11.6. The number of hydrogen-bond donors (Lipinski definition) is 1. The molecule has 6 heterocycles. The average Bonchev–Trinajstić information content (AvgIpc) is 3.86. The summed E-state index contributed by atoms with van der Waals surface area (Å²) in [6, 6.07) is 1.92. The molecule has 0 radical (unpaired) electrons. The molecule has 4 aliphatic heterocycles. The van der Waals surface area contributed by atoms with Crippen molar-refractivity contribution in [1.82, 2.24) is 24.8 Å². The quantitative estimate of drug-likeness (QED) is 0.186.